The van der Waals surface area contributed by atoms with Crippen molar-refractivity contribution in [1.82, 2.24) is 10.2 Å². The van der Waals surface area contributed by atoms with Crippen LogP contribution in [-0.4, -0.2) is 64.6 Å². The van der Waals surface area contributed by atoms with E-state index in [1.165, 1.54) is 4.90 Å². The summed E-state index contributed by atoms with van der Waals surface area (Å²) >= 11 is 0. The Hall–Kier alpha value is -1.34. The molecule has 2 rings (SSSR count). The number of nitrogens with zero attached hydrogens (tertiary/aromatic N) is 1. The Morgan fingerprint density at radius 2 is 2.22 bits per heavy atom. The fraction of sp³-hybridized carbons (Fsp3) is 0.818. The lowest BCUT2D eigenvalue weighted by Gasteiger charge is -2.29. The molecule has 2 fully saturated rings. The van der Waals surface area contributed by atoms with Crippen molar-refractivity contribution in [2.24, 2.45) is 0 Å². The van der Waals surface area contributed by atoms with Gasteiger partial charge in [0.1, 0.15) is 6.04 Å². The van der Waals surface area contributed by atoms with Crippen LogP contribution in [0.3, 0.4) is 0 Å². The zero-order valence-corrected chi connectivity index (χ0v) is 10.3. The van der Waals surface area contributed by atoms with E-state index >= 15 is 0 Å². The van der Waals surface area contributed by atoms with Crippen LogP contribution in [0.25, 0.3) is 0 Å². The second-order valence-electron chi connectivity index (χ2n) is 5.19. The average Bonchev–Trinajstić information content (AvgIpc) is 2.85. The highest BCUT2D eigenvalue weighted by Crippen LogP contribution is 2.22. The molecule has 1 unspecified atom stereocenters. The fourth-order valence-corrected chi connectivity index (χ4v) is 2.37. The van der Waals surface area contributed by atoms with Crippen LogP contribution in [0.15, 0.2) is 0 Å². The standard InChI is InChI=1S/C11H18N2O5/c1-11(2-3-18-6-11)12-10(17)13-5-7(14)4-8(13)9(15)16/h7-8,14H,2-6H2,1H3,(H,12,17)(H,15,16)/t7-,8-,11?/m1/s1. The smallest absolute Gasteiger partial charge is 0.326 e. The Kier molecular flexibility index (Phi) is 3.45. The largest absolute Gasteiger partial charge is 0.480 e. The van der Waals surface area contributed by atoms with E-state index in [0.717, 1.165) is 0 Å². The first-order valence-electron chi connectivity index (χ1n) is 5.99. The molecule has 0 radical (unpaired) electrons. The number of aliphatic hydroxyl groups excluding tert-OH is 1. The van der Waals surface area contributed by atoms with E-state index in [1.807, 2.05) is 6.92 Å². The lowest BCUT2D eigenvalue weighted by atomic mass is 10.0. The number of carbonyl (C=O) groups excluding carboxylic acids is 1. The number of aliphatic carboxylic acids is 1. The second kappa shape index (κ2) is 4.74. The van der Waals surface area contributed by atoms with Crippen molar-refractivity contribution in [3.8, 4) is 0 Å². The molecule has 102 valence electrons. The molecule has 3 N–H and O–H groups in total. The van der Waals surface area contributed by atoms with Crippen LogP contribution >= 0.6 is 0 Å². The van der Waals surface area contributed by atoms with Gasteiger partial charge in [-0.05, 0) is 13.3 Å². The highest BCUT2D eigenvalue weighted by Gasteiger charge is 2.41. The van der Waals surface area contributed by atoms with Gasteiger partial charge >= 0.3 is 12.0 Å². The van der Waals surface area contributed by atoms with Gasteiger partial charge in [-0.3, -0.25) is 0 Å². The van der Waals surface area contributed by atoms with Crippen molar-refractivity contribution >= 4 is 12.0 Å². The molecule has 0 aliphatic carbocycles. The molecule has 0 saturated carbocycles. The molecule has 2 aliphatic rings. The van der Waals surface area contributed by atoms with E-state index in [1.54, 1.807) is 0 Å². The maximum absolute atomic E-state index is 12.1. The molecule has 2 saturated heterocycles. The molecule has 7 nitrogen and oxygen atoms in total. The zero-order chi connectivity index (χ0) is 13.3. The highest BCUT2D eigenvalue weighted by atomic mass is 16.5. The molecule has 0 aromatic rings. The van der Waals surface area contributed by atoms with E-state index in [4.69, 9.17) is 9.84 Å². The normalized spacial score (nSPS) is 35.8. The molecule has 3 atom stereocenters. The van der Waals surface area contributed by atoms with Crippen LogP contribution < -0.4 is 5.32 Å². The number of ether oxygens (including phenoxy) is 1. The number of carboxylic acids is 1. The van der Waals surface area contributed by atoms with Gasteiger partial charge in [-0.2, -0.15) is 0 Å². The summed E-state index contributed by atoms with van der Waals surface area (Å²) in [6, 6.07) is -1.40. The third-order valence-electron chi connectivity index (χ3n) is 3.45. The van der Waals surface area contributed by atoms with Crippen molar-refractivity contribution in [2.75, 3.05) is 19.8 Å². The first-order valence-corrected chi connectivity index (χ1v) is 5.99. The maximum Gasteiger partial charge on any atom is 0.326 e. The van der Waals surface area contributed by atoms with Crippen molar-refractivity contribution < 1.29 is 24.5 Å². The minimum atomic E-state index is -1.09. The van der Waals surface area contributed by atoms with Crippen LogP contribution in [0, 0.1) is 0 Å². The molecule has 7 heteroatoms. The second-order valence-corrected chi connectivity index (χ2v) is 5.19. The third-order valence-corrected chi connectivity index (χ3v) is 3.45. The predicted molar refractivity (Wildman–Crippen MR) is 61.1 cm³/mol. The first-order chi connectivity index (χ1) is 8.41. The minimum Gasteiger partial charge on any atom is -0.480 e. The summed E-state index contributed by atoms with van der Waals surface area (Å²) in [5.74, 6) is -1.09. The van der Waals surface area contributed by atoms with Crippen molar-refractivity contribution in [3.05, 3.63) is 0 Å². The Bertz CT molecular complexity index is 353. The molecule has 2 amide bonds. The van der Waals surface area contributed by atoms with Gasteiger partial charge in [0, 0.05) is 19.6 Å². The molecular weight excluding hydrogens is 240 g/mol. The molecule has 0 aromatic carbocycles. The molecule has 2 heterocycles. The van der Waals surface area contributed by atoms with Crippen LogP contribution in [0.5, 0.6) is 0 Å². The van der Waals surface area contributed by atoms with Crippen LogP contribution in [0.1, 0.15) is 19.8 Å². The van der Waals surface area contributed by atoms with Crippen molar-refractivity contribution in [3.63, 3.8) is 0 Å². The van der Waals surface area contributed by atoms with Gasteiger partial charge in [0.2, 0.25) is 0 Å². The number of rotatable bonds is 2. The Morgan fingerprint density at radius 1 is 1.50 bits per heavy atom. The third kappa shape index (κ3) is 2.56. The van der Waals surface area contributed by atoms with E-state index in [-0.39, 0.29) is 13.0 Å². The zero-order valence-electron chi connectivity index (χ0n) is 10.3. The van der Waals surface area contributed by atoms with Crippen molar-refractivity contribution in [2.45, 2.75) is 37.5 Å². The van der Waals surface area contributed by atoms with Gasteiger partial charge in [0.25, 0.3) is 0 Å². The molecular formula is C11H18N2O5. The van der Waals surface area contributed by atoms with Gasteiger partial charge in [-0.15, -0.1) is 0 Å². The number of amides is 2. The lowest BCUT2D eigenvalue weighted by Crippen LogP contribution is -2.54. The minimum absolute atomic E-state index is 0.0553. The summed E-state index contributed by atoms with van der Waals surface area (Å²) in [5, 5.41) is 21.3. The molecule has 18 heavy (non-hydrogen) atoms. The fourth-order valence-electron chi connectivity index (χ4n) is 2.37. The van der Waals surface area contributed by atoms with Gasteiger partial charge in [-0.1, -0.05) is 0 Å². The summed E-state index contributed by atoms with van der Waals surface area (Å²) in [6.07, 6.45) is 0.00697. The van der Waals surface area contributed by atoms with Crippen molar-refractivity contribution in [1.29, 1.82) is 0 Å². The Morgan fingerprint density at radius 3 is 2.78 bits per heavy atom. The number of urea groups is 1. The van der Waals surface area contributed by atoms with Crippen LogP contribution in [0.2, 0.25) is 0 Å². The number of likely N-dealkylation sites (tertiary alicyclic amines) is 1. The molecule has 0 bridgehead atoms. The highest BCUT2D eigenvalue weighted by molar-refractivity contribution is 5.83. The Labute approximate surface area is 105 Å². The summed E-state index contributed by atoms with van der Waals surface area (Å²) < 4.78 is 5.22. The summed E-state index contributed by atoms with van der Waals surface area (Å²) in [4.78, 5) is 24.3. The van der Waals surface area contributed by atoms with E-state index in [2.05, 4.69) is 5.32 Å². The number of carbonyl (C=O) groups is 2. The topological polar surface area (TPSA) is 99.1 Å². The Balaban J connectivity index is 2.01. The van der Waals surface area contributed by atoms with Gasteiger partial charge < -0.3 is 25.2 Å². The van der Waals surface area contributed by atoms with E-state index in [0.29, 0.717) is 19.6 Å². The number of nitrogens with one attached hydrogen (secondary N) is 1. The molecule has 0 aromatic heterocycles. The number of hydrogen-bond acceptors (Lipinski definition) is 4. The van der Waals surface area contributed by atoms with E-state index in [9.17, 15) is 14.7 Å². The SMILES string of the molecule is CC1(NC(=O)N2C[C@H](O)C[C@@H]2C(=O)O)CCOC1. The number of β-amino-alcohol motifs (C(OH)–C–C–N with tert-alkyl or cyclic N) is 1. The predicted octanol–water partition coefficient (Wildman–Crippen LogP) is -0.605. The number of hydrogen-bond donors (Lipinski definition) is 3. The van der Waals surface area contributed by atoms with Gasteiger partial charge in [0.15, 0.2) is 0 Å². The first kappa shape index (κ1) is 13.1. The molecule has 2 aliphatic heterocycles. The monoisotopic (exact) mass is 258 g/mol. The number of carboxylic acid groups (broad SMARTS) is 1. The quantitative estimate of drug-likeness (QED) is 0.614. The van der Waals surface area contributed by atoms with E-state index < -0.39 is 29.7 Å². The van der Waals surface area contributed by atoms with Crippen LogP contribution in [0.4, 0.5) is 4.79 Å². The van der Waals surface area contributed by atoms with Gasteiger partial charge in [0.05, 0.1) is 18.2 Å². The van der Waals surface area contributed by atoms with Gasteiger partial charge in [-0.25, -0.2) is 9.59 Å². The summed E-state index contributed by atoms with van der Waals surface area (Å²) in [6.45, 7) is 2.93. The average molecular weight is 258 g/mol. The summed E-state index contributed by atoms with van der Waals surface area (Å²) in [5.41, 5.74) is -0.451. The maximum atomic E-state index is 12.1. The molecule has 0 spiro atoms. The lowest BCUT2D eigenvalue weighted by molar-refractivity contribution is -0.141. The van der Waals surface area contributed by atoms with Crippen LogP contribution in [-0.2, 0) is 9.53 Å². The number of aliphatic hydroxyl groups is 1. The summed E-state index contributed by atoms with van der Waals surface area (Å²) in [7, 11) is 0.